The van der Waals surface area contributed by atoms with Crippen molar-refractivity contribution < 1.29 is 4.79 Å². The lowest BCUT2D eigenvalue weighted by molar-refractivity contribution is -0.122. The maximum absolute atomic E-state index is 10.8. The molecule has 2 N–H and O–H groups in total. The summed E-state index contributed by atoms with van der Waals surface area (Å²) in [5.74, 6) is -0.173. The molecule has 1 atom stereocenters. The van der Waals surface area contributed by atoms with Crippen molar-refractivity contribution in [3.8, 4) is 0 Å². The number of primary amides is 1. The van der Waals surface area contributed by atoms with E-state index in [-0.39, 0.29) is 11.8 Å². The summed E-state index contributed by atoms with van der Waals surface area (Å²) in [6.45, 7) is 3.79. The fourth-order valence-corrected chi connectivity index (χ4v) is 1.23. The first-order valence-electron chi connectivity index (χ1n) is 3.94. The minimum absolute atomic E-state index is 0.0138. The van der Waals surface area contributed by atoms with E-state index < -0.39 is 0 Å². The molecule has 0 fully saturated rings. The summed E-state index contributed by atoms with van der Waals surface area (Å²) in [5.41, 5.74) is 5.18. The predicted octanol–water partition coefficient (Wildman–Crippen LogP) is 0.327. The number of allylic oxidation sites excluding steroid dienone is 1. The molecule has 0 aromatic heterocycles. The second-order valence-corrected chi connectivity index (χ2v) is 2.81. The van der Waals surface area contributed by atoms with Crippen LogP contribution in [0.15, 0.2) is 12.3 Å². The molecule has 3 heteroatoms. The predicted molar refractivity (Wildman–Crippen MR) is 43.7 cm³/mol. The maximum Gasteiger partial charge on any atom is 0.222 e. The number of carbonyl (C=O) groups excluding carboxylic acids is 1. The zero-order valence-electron chi connectivity index (χ0n) is 6.79. The van der Waals surface area contributed by atoms with Crippen molar-refractivity contribution in [1.29, 1.82) is 0 Å². The molecule has 1 rings (SSSR count). The van der Waals surface area contributed by atoms with Crippen molar-refractivity contribution in [3.63, 3.8) is 0 Å². The third-order valence-electron chi connectivity index (χ3n) is 2.00. The topological polar surface area (TPSA) is 46.3 Å². The van der Waals surface area contributed by atoms with Gasteiger partial charge in [-0.05, 0) is 19.5 Å². The number of nitrogens with two attached hydrogens (primary N) is 1. The molecule has 1 aliphatic heterocycles. The molecule has 0 aromatic carbocycles. The number of carbonyl (C=O) groups is 1. The van der Waals surface area contributed by atoms with Crippen molar-refractivity contribution in [1.82, 2.24) is 4.90 Å². The van der Waals surface area contributed by atoms with Gasteiger partial charge in [0, 0.05) is 13.1 Å². The third kappa shape index (κ3) is 1.97. The Morgan fingerprint density at radius 3 is 3.09 bits per heavy atom. The summed E-state index contributed by atoms with van der Waals surface area (Å²) in [6, 6.07) is 0. The van der Waals surface area contributed by atoms with E-state index in [2.05, 4.69) is 11.8 Å². The van der Waals surface area contributed by atoms with Crippen LogP contribution < -0.4 is 5.73 Å². The van der Waals surface area contributed by atoms with E-state index in [9.17, 15) is 4.79 Å². The van der Waals surface area contributed by atoms with Crippen molar-refractivity contribution in [2.75, 3.05) is 13.1 Å². The van der Waals surface area contributed by atoms with E-state index in [0.29, 0.717) is 0 Å². The van der Waals surface area contributed by atoms with Crippen LogP contribution in [-0.4, -0.2) is 23.9 Å². The van der Waals surface area contributed by atoms with Gasteiger partial charge in [0.2, 0.25) is 5.91 Å². The minimum atomic E-state index is -0.187. The van der Waals surface area contributed by atoms with E-state index in [1.165, 1.54) is 0 Å². The van der Waals surface area contributed by atoms with E-state index >= 15 is 0 Å². The minimum Gasteiger partial charge on any atom is -0.377 e. The van der Waals surface area contributed by atoms with Gasteiger partial charge in [-0.15, -0.1) is 0 Å². The summed E-state index contributed by atoms with van der Waals surface area (Å²) < 4.78 is 0. The van der Waals surface area contributed by atoms with Crippen molar-refractivity contribution in [2.24, 2.45) is 11.7 Å². The fourth-order valence-electron chi connectivity index (χ4n) is 1.23. The van der Waals surface area contributed by atoms with Crippen molar-refractivity contribution in [2.45, 2.75) is 13.3 Å². The first-order chi connectivity index (χ1) is 5.24. The van der Waals surface area contributed by atoms with E-state index in [0.717, 1.165) is 19.5 Å². The fraction of sp³-hybridized carbons (Fsp3) is 0.625. The van der Waals surface area contributed by atoms with E-state index in [1.54, 1.807) is 0 Å². The Morgan fingerprint density at radius 2 is 2.55 bits per heavy atom. The Kier molecular flexibility index (Phi) is 2.52. The van der Waals surface area contributed by atoms with Crippen LogP contribution in [0.4, 0.5) is 0 Å². The summed E-state index contributed by atoms with van der Waals surface area (Å²) in [7, 11) is 0. The lowest BCUT2D eigenvalue weighted by atomic mass is 10.0. The molecule has 0 saturated heterocycles. The summed E-state index contributed by atoms with van der Waals surface area (Å²) in [5, 5.41) is 0. The number of rotatable bonds is 2. The molecule has 11 heavy (non-hydrogen) atoms. The van der Waals surface area contributed by atoms with Gasteiger partial charge >= 0.3 is 0 Å². The van der Waals surface area contributed by atoms with Crippen LogP contribution in [0, 0.1) is 5.92 Å². The Balaban J connectivity index is 2.51. The van der Waals surface area contributed by atoms with Crippen LogP contribution in [0.25, 0.3) is 0 Å². The number of nitrogens with zero attached hydrogens (tertiary/aromatic N) is 1. The molecule has 1 amide bonds. The molecule has 1 aliphatic rings. The van der Waals surface area contributed by atoms with Crippen LogP contribution in [0.5, 0.6) is 0 Å². The average molecular weight is 154 g/mol. The van der Waals surface area contributed by atoms with E-state index in [4.69, 9.17) is 5.73 Å². The Hall–Kier alpha value is -0.990. The summed E-state index contributed by atoms with van der Waals surface area (Å²) in [6.07, 6.45) is 4.83. The summed E-state index contributed by atoms with van der Waals surface area (Å²) >= 11 is 0. The van der Waals surface area contributed by atoms with Gasteiger partial charge < -0.3 is 10.6 Å². The molecule has 0 spiro atoms. The lowest BCUT2D eigenvalue weighted by Gasteiger charge is -2.26. The average Bonchev–Trinajstić information content (AvgIpc) is 2.05. The molecule has 1 unspecified atom stereocenters. The molecule has 0 bridgehead atoms. The number of hydrogen-bond acceptors (Lipinski definition) is 2. The van der Waals surface area contributed by atoms with Crippen LogP contribution in [0.1, 0.15) is 13.3 Å². The SMILES string of the molecule is CCN1C=CCC(C(N)=O)C1. The van der Waals surface area contributed by atoms with Gasteiger partial charge in [-0.2, -0.15) is 0 Å². The van der Waals surface area contributed by atoms with Crippen LogP contribution >= 0.6 is 0 Å². The third-order valence-corrected chi connectivity index (χ3v) is 2.00. The zero-order chi connectivity index (χ0) is 8.27. The number of hydrogen-bond donors (Lipinski definition) is 1. The number of amides is 1. The van der Waals surface area contributed by atoms with Crippen LogP contribution in [-0.2, 0) is 4.79 Å². The Labute approximate surface area is 66.9 Å². The zero-order valence-corrected chi connectivity index (χ0v) is 6.79. The Morgan fingerprint density at radius 1 is 1.82 bits per heavy atom. The molecule has 3 nitrogen and oxygen atoms in total. The molecular formula is C8H14N2O. The molecule has 0 radical (unpaired) electrons. The quantitative estimate of drug-likeness (QED) is 0.623. The molecular weight excluding hydrogens is 140 g/mol. The van der Waals surface area contributed by atoms with Gasteiger partial charge in [0.05, 0.1) is 5.92 Å². The monoisotopic (exact) mass is 154 g/mol. The van der Waals surface area contributed by atoms with Gasteiger partial charge in [-0.25, -0.2) is 0 Å². The van der Waals surface area contributed by atoms with Crippen molar-refractivity contribution in [3.05, 3.63) is 12.3 Å². The standard InChI is InChI=1S/C8H14N2O/c1-2-10-5-3-4-7(6-10)8(9)11/h3,5,7H,2,4,6H2,1H3,(H2,9,11). The van der Waals surface area contributed by atoms with Crippen LogP contribution in [0.2, 0.25) is 0 Å². The van der Waals surface area contributed by atoms with Crippen LogP contribution in [0.3, 0.4) is 0 Å². The molecule has 0 saturated carbocycles. The lowest BCUT2D eigenvalue weighted by Crippen LogP contribution is -2.35. The molecule has 0 aliphatic carbocycles. The van der Waals surface area contributed by atoms with Gasteiger partial charge in [-0.3, -0.25) is 4.79 Å². The smallest absolute Gasteiger partial charge is 0.222 e. The highest BCUT2D eigenvalue weighted by atomic mass is 16.1. The van der Waals surface area contributed by atoms with E-state index in [1.807, 2.05) is 12.3 Å². The first-order valence-corrected chi connectivity index (χ1v) is 3.94. The molecule has 0 aromatic rings. The Bertz CT molecular complexity index is 177. The van der Waals surface area contributed by atoms with Crippen molar-refractivity contribution >= 4 is 5.91 Å². The van der Waals surface area contributed by atoms with Gasteiger partial charge in [0.25, 0.3) is 0 Å². The first kappa shape index (κ1) is 8.11. The molecule has 1 heterocycles. The second kappa shape index (κ2) is 3.42. The highest BCUT2D eigenvalue weighted by molar-refractivity contribution is 5.77. The molecule has 62 valence electrons. The highest BCUT2D eigenvalue weighted by Gasteiger charge is 2.18. The normalized spacial score (nSPS) is 23.7. The summed E-state index contributed by atoms with van der Waals surface area (Å²) in [4.78, 5) is 12.9. The van der Waals surface area contributed by atoms with Gasteiger partial charge in [-0.1, -0.05) is 6.08 Å². The maximum atomic E-state index is 10.8. The van der Waals surface area contributed by atoms with Gasteiger partial charge in [0.1, 0.15) is 0 Å². The highest BCUT2D eigenvalue weighted by Crippen LogP contribution is 2.12. The second-order valence-electron chi connectivity index (χ2n) is 2.81. The largest absolute Gasteiger partial charge is 0.377 e. The van der Waals surface area contributed by atoms with Gasteiger partial charge in [0.15, 0.2) is 0 Å².